The van der Waals surface area contributed by atoms with Crippen molar-refractivity contribution in [3.63, 3.8) is 0 Å². The van der Waals surface area contributed by atoms with Crippen LogP contribution in [0.3, 0.4) is 0 Å². The Balaban J connectivity index is 2.12. The zero-order chi connectivity index (χ0) is 25.6. The van der Waals surface area contributed by atoms with Crippen molar-refractivity contribution in [1.29, 1.82) is 0 Å². The Bertz CT molecular complexity index is 947. The van der Waals surface area contributed by atoms with E-state index < -0.39 is 40.9 Å². The lowest BCUT2D eigenvalue weighted by Gasteiger charge is -2.68. The van der Waals surface area contributed by atoms with Crippen LogP contribution in [0.25, 0.3) is 0 Å². The zero-order valence-corrected chi connectivity index (χ0v) is 21.6. The fourth-order valence-electron chi connectivity index (χ4n) is 6.78. The maximum atomic E-state index is 13.4. The maximum absolute atomic E-state index is 13.4. The van der Waals surface area contributed by atoms with Gasteiger partial charge in [-0.05, 0) is 45.4 Å². The molecule has 0 N–H and O–H groups in total. The number of carbonyl (C=O) groups excluding carboxylic acids is 4. The average molecular weight is 475 g/mol. The van der Waals surface area contributed by atoms with Gasteiger partial charge in [0.05, 0.1) is 0 Å². The number of ether oxygens (including phenoxy) is 3. The molecule has 188 valence electrons. The summed E-state index contributed by atoms with van der Waals surface area (Å²) >= 11 is 0. The van der Waals surface area contributed by atoms with Gasteiger partial charge in [-0.3, -0.25) is 9.59 Å². The van der Waals surface area contributed by atoms with Crippen molar-refractivity contribution >= 4 is 23.7 Å². The summed E-state index contributed by atoms with van der Waals surface area (Å²) in [4.78, 5) is 50.9. The first-order chi connectivity index (χ1) is 15.8. The van der Waals surface area contributed by atoms with Crippen molar-refractivity contribution in [3.8, 4) is 0 Å². The van der Waals surface area contributed by atoms with Crippen LogP contribution in [0.1, 0.15) is 68.2 Å². The second kappa shape index (κ2) is 9.31. The number of rotatable bonds is 6. The molecule has 0 radical (unpaired) electrons. The molecule has 0 amide bonds. The van der Waals surface area contributed by atoms with Crippen LogP contribution >= 0.6 is 0 Å². The molecule has 7 heteroatoms. The number of esters is 3. The van der Waals surface area contributed by atoms with E-state index in [1.807, 2.05) is 13.8 Å². The second-order valence-corrected chi connectivity index (χ2v) is 10.8. The highest BCUT2D eigenvalue weighted by atomic mass is 16.6. The number of fused-ring (bicyclic) bond motifs is 3. The Morgan fingerprint density at radius 3 is 1.94 bits per heavy atom. The molecular weight excluding hydrogens is 436 g/mol. The highest BCUT2D eigenvalue weighted by molar-refractivity contribution is 5.89. The van der Waals surface area contributed by atoms with E-state index in [2.05, 4.69) is 6.92 Å². The number of hydrogen-bond acceptors (Lipinski definition) is 7. The first-order valence-corrected chi connectivity index (χ1v) is 12.2. The van der Waals surface area contributed by atoms with E-state index >= 15 is 0 Å². The minimum Gasteiger partial charge on any atom is -0.465 e. The zero-order valence-electron chi connectivity index (χ0n) is 21.6. The van der Waals surface area contributed by atoms with Crippen molar-refractivity contribution in [2.75, 3.05) is 6.61 Å². The quantitative estimate of drug-likeness (QED) is 0.323. The van der Waals surface area contributed by atoms with E-state index in [0.29, 0.717) is 17.6 Å². The maximum Gasteiger partial charge on any atom is 0.333 e. The lowest BCUT2D eigenvalue weighted by Crippen LogP contribution is -2.71. The minimum absolute atomic E-state index is 0.0253. The molecule has 0 saturated heterocycles. The van der Waals surface area contributed by atoms with E-state index in [1.54, 1.807) is 39.8 Å². The summed E-state index contributed by atoms with van der Waals surface area (Å²) in [5.41, 5.74) is -0.433. The number of carbonyl (C=O) groups is 4. The van der Waals surface area contributed by atoms with Crippen LogP contribution in [0.15, 0.2) is 23.3 Å². The highest BCUT2D eigenvalue weighted by Gasteiger charge is 2.77. The van der Waals surface area contributed by atoms with Crippen molar-refractivity contribution in [2.45, 2.75) is 80.4 Å². The van der Waals surface area contributed by atoms with Gasteiger partial charge in [0.25, 0.3) is 0 Å². The third-order valence-corrected chi connectivity index (χ3v) is 8.83. The van der Waals surface area contributed by atoms with Crippen LogP contribution in [-0.4, -0.2) is 42.5 Å². The van der Waals surface area contributed by atoms with E-state index in [4.69, 9.17) is 14.2 Å². The van der Waals surface area contributed by atoms with Gasteiger partial charge in [0.1, 0.15) is 24.6 Å². The Kier molecular flexibility index (Phi) is 7.16. The van der Waals surface area contributed by atoms with Gasteiger partial charge in [0.15, 0.2) is 0 Å². The molecule has 4 aliphatic carbocycles. The Morgan fingerprint density at radius 1 is 0.941 bits per heavy atom. The Hall–Kier alpha value is -2.44. The fourth-order valence-corrected chi connectivity index (χ4v) is 6.78. The minimum atomic E-state index is -0.800. The molecule has 0 heterocycles. The monoisotopic (exact) mass is 474 g/mol. The number of hydrogen-bond donors (Lipinski definition) is 0. The van der Waals surface area contributed by atoms with E-state index in [0.717, 1.165) is 0 Å². The van der Waals surface area contributed by atoms with Crippen LogP contribution in [-0.2, 0) is 33.4 Å². The van der Waals surface area contributed by atoms with Gasteiger partial charge in [-0.25, -0.2) is 9.59 Å². The van der Waals surface area contributed by atoms with Crippen molar-refractivity contribution in [1.82, 2.24) is 0 Å². The molecule has 8 atom stereocenters. The Labute approximate surface area is 202 Å². The third-order valence-electron chi connectivity index (χ3n) is 8.83. The van der Waals surface area contributed by atoms with Gasteiger partial charge in [0, 0.05) is 47.7 Å². The van der Waals surface area contributed by atoms with Crippen LogP contribution < -0.4 is 0 Å². The summed E-state index contributed by atoms with van der Waals surface area (Å²) in [7, 11) is 0. The molecule has 0 aromatic heterocycles. The summed E-state index contributed by atoms with van der Waals surface area (Å²) in [5.74, 6) is -1.58. The molecule has 8 unspecified atom stereocenters. The molecular formula is C27H38O7. The molecule has 4 aliphatic rings. The predicted octanol–water partition coefficient (Wildman–Crippen LogP) is 4.19. The molecule has 34 heavy (non-hydrogen) atoms. The molecule has 4 bridgehead atoms. The second-order valence-electron chi connectivity index (χ2n) is 10.8. The van der Waals surface area contributed by atoms with Gasteiger partial charge in [-0.1, -0.05) is 32.9 Å². The topological polar surface area (TPSA) is 96.0 Å². The number of Topliss-reactive ketones (excluding diaryl/α,β-unsaturated/α-hetero) is 1. The van der Waals surface area contributed by atoms with Crippen molar-refractivity contribution < 1.29 is 33.4 Å². The first kappa shape index (κ1) is 26.2. The van der Waals surface area contributed by atoms with Crippen LogP contribution in [0.2, 0.25) is 0 Å². The molecule has 0 aromatic carbocycles. The standard InChI is InChI=1S/C27H38O7/c1-9-14(3)24(30)33-19-12-20(34-25(31)15(4)10-2)27(8)21-16(5)11-18(29)22(27)23(21)26(19,7)13-32-17(6)28/h9-10,16,19-23H,11-13H2,1-8H3. The van der Waals surface area contributed by atoms with Crippen molar-refractivity contribution in [2.24, 2.45) is 34.5 Å². The molecule has 7 nitrogen and oxygen atoms in total. The third kappa shape index (κ3) is 4.01. The first-order valence-electron chi connectivity index (χ1n) is 12.2. The summed E-state index contributed by atoms with van der Waals surface area (Å²) in [6, 6.07) is 0. The molecule has 4 saturated carbocycles. The molecule has 4 rings (SSSR count). The van der Waals surface area contributed by atoms with Crippen molar-refractivity contribution in [3.05, 3.63) is 23.3 Å². The van der Waals surface area contributed by atoms with E-state index in [-0.39, 0.29) is 42.5 Å². The van der Waals surface area contributed by atoms with E-state index in [1.165, 1.54) is 6.92 Å². The van der Waals surface area contributed by atoms with Gasteiger partial charge in [0.2, 0.25) is 0 Å². The summed E-state index contributed by atoms with van der Waals surface area (Å²) in [6.45, 7) is 14.3. The number of ketones is 1. The highest BCUT2D eigenvalue weighted by Crippen LogP contribution is 2.73. The number of allylic oxidation sites excluding steroid dienone is 2. The van der Waals surface area contributed by atoms with Crippen LogP contribution in [0.5, 0.6) is 0 Å². The largest absolute Gasteiger partial charge is 0.465 e. The van der Waals surface area contributed by atoms with Gasteiger partial charge in [-0.2, -0.15) is 0 Å². The summed E-state index contributed by atoms with van der Waals surface area (Å²) in [6.07, 6.45) is 2.77. The fraction of sp³-hybridized carbons (Fsp3) is 0.704. The van der Waals surface area contributed by atoms with Crippen LogP contribution in [0, 0.1) is 34.5 Å². The lowest BCUT2D eigenvalue weighted by molar-refractivity contribution is -0.244. The lowest BCUT2D eigenvalue weighted by atomic mass is 9.35. The van der Waals surface area contributed by atoms with Gasteiger partial charge < -0.3 is 14.2 Å². The predicted molar refractivity (Wildman–Crippen MR) is 125 cm³/mol. The Morgan fingerprint density at radius 2 is 1.47 bits per heavy atom. The van der Waals surface area contributed by atoms with Gasteiger partial charge >= 0.3 is 17.9 Å². The molecule has 0 spiro atoms. The molecule has 4 fully saturated rings. The smallest absolute Gasteiger partial charge is 0.333 e. The average Bonchev–Trinajstić information content (AvgIpc) is 2.89. The van der Waals surface area contributed by atoms with Crippen LogP contribution in [0.4, 0.5) is 0 Å². The SMILES string of the molecule is CC=C(C)C(=O)OC1CC(OC(=O)C(C)=CC)C2(C)C3C(=O)CC(C)C2C3C1(C)COC(C)=O. The molecule has 0 aromatic rings. The van der Waals surface area contributed by atoms with E-state index in [9.17, 15) is 19.2 Å². The summed E-state index contributed by atoms with van der Waals surface area (Å²) in [5, 5.41) is 0. The van der Waals surface area contributed by atoms with Gasteiger partial charge in [-0.15, -0.1) is 0 Å². The summed E-state index contributed by atoms with van der Waals surface area (Å²) < 4.78 is 17.6. The normalized spacial score (nSPS) is 39.5. The molecule has 0 aliphatic heterocycles.